The average Bonchev–Trinajstić information content (AvgIpc) is 2.15. The van der Waals surface area contributed by atoms with Crippen LogP contribution in [0, 0.1) is 5.82 Å². The fourth-order valence-corrected chi connectivity index (χ4v) is 1.87. The summed E-state index contributed by atoms with van der Waals surface area (Å²) in [5, 5.41) is 0. The molecular weight excluding hydrogens is 201 g/mol. The average molecular weight is 211 g/mol. The first kappa shape index (κ1) is 9.52. The molecule has 0 radical (unpaired) electrons. The predicted octanol–water partition coefficient (Wildman–Crippen LogP) is 2.02. The molecule has 0 fully saturated rings. The molecule has 1 aliphatic heterocycles. The van der Waals surface area contributed by atoms with Gasteiger partial charge in [0.2, 0.25) is 5.91 Å². The van der Waals surface area contributed by atoms with Crippen LogP contribution in [-0.2, 0) is 11.2 Å². The molecule has 74 valence electrons. The van der Waals surface area contributed by atoms with Crippen LogP contribution in [0.4, 0.5) is 10.1 Å². The number of anilines is 1. The van der Waals surface area contributed by atoms with E-state index in [1.54, 1.807) is 13.1 Å². The van der Waals surface area contributed by atoms with Crippen LogP contribution in [0.3, 0.4) is 0 Å². The number of rotatable bonds is 0. The third-order valence-electron chi connectivity index (χ3n) is 2.49. The lowest BCUT2D eigenvalue weighted by molar-refractivity contribution is -0.118. The minimum Gasteiger partial charge on any atom is -0.315 e. The van der Waals surface area contributed by atoms with Gasteiger partial charge in [-0.1, -0.05) is 0 Å². The maximum absolute atomic E-state index is 13.2. The molecular formula is C10H10FNOS. The molecule has 1 aliphatic rings. The Bertz CT molecular complexity index is 405. The summed E-state index contributed by atoms with van der Waals surface area (Å²) in [4.78, 5) is 13.2. The van der Waals surface area contributed by atoms with Gasteiger partial charge in [0.25, 0.3) is 0 Å². The molecule has 0 aliphatic carbocycles. The van der Waals surface area contributed by atoms with Crippen molar-refractivity contribution < 1.29 is 9.18 Å². The van der Waals surface area contributed by atoms with E-state index in [0.29, 0.717) is 23.4 Å². The summed E-state index contributed by atoms with van der Waals surface area (Å²) in [7, 11) is 1.66. The number of benzene rings is 1. The van der Waals surface area contributed by atoms with Gasteiger partial charge in [0.15, 0.2) is 0 Å². The van der Waals surface area contributed by atoms with Gasteiger partial charge in [-0.3, -0.25) is 4.79 Å². The van der Waals surface area contributed by atoms with E-state index >= 15 is 0 Å². The Morgan fingerprint density at radius 3 is 2.86 bits per heavy atom. The summed E-state index contributed by atoms with van der Waals surface area (Å²) in [5.41, 5.74) is 1.65. The van der Waals surface area contributed by atoms with Gasteiger partial charge in [-0.15, -0.1) is 12.6 Å². The number of hydrogen-bond donors (Lipinski definition) is 1. The topological polar surface area (TPSA) is 20.3 Å². The van der Waals surface area contributed by atoms with Crippen LogP contribution >= 0.6 is 12.6 Å². The lowest BCUT2D eigenvalue weighted by atomic mass is 10.0. The van der Waals surface area contributed by atoms with Crippen molar-refractivity contribution in [3.8, 4) is 0 Å². The third-order valence-corrected chi connectivity index (χ3v) is 2.83. The Labute approximate surface area is 87.1 Å². The quantitative estimate of drug-likeness (QED) is 0.651. The van der Waals surface area contributed by atoms with E-state index in [1.807, 2.05) is 0 Å². The highest BCUT2D eigenvalue weighted by Gasteiger charge is 2.21. The molecule has 0 bridgehead atoms. The monoisotopic (exact) mass is 211 g/mol. The van der Waals surface area contributed by atoms with E-state index in [1.165, 1.54) is 11.0 Å². The number of halogens is 1. The summed E-state index contributed by atoms with van der Waals surface area (Å²) in [6, 6.07) is 3.06. The van der Waals surface area contributed by atoms with Crippen molar-refractivity contribution >= 4 is 24.2 Å². The minimum atomic E-state index is -0.381. The fraction of sp³-hybridized carbons (Fsp3) is 0.300. The van der Waals surface area contributed by atoms with Gasteiger partial charge in [0.05, 0.1) is 0 Å². The third kappa shape index (κ3) is 1.39. The lowest BCUT2D eigenvalue weighted by Crippen LogP contribution is -2.31. The molecule has 0 spiro atoms. The summed E-state index contributed by atoms with van der Waals surface area (Å²) in [5.74, 6) is -0.350. The smallest absolute Gasteiger partial charge is 0.227 e. The van der Waals surface area contributed by atoms with E-state index in [-0.39, 0.29) is 11.7 Å². The van der Waals surface area contributed by atoms with Gasteiger partial charge in [-0.05, 0) is 24.1 Å². The molecule has 0 atom stereocenters. The second-order valence-corrected chi connectivity index (χ2v) is 3.87. The van der Waals surface area contributed by atoms with Crippen LogP contribution in [0.25, 0.3) is 0 Å². The Morgan fingerprint density at radius 2 is 2.14 bits per heavy atom. The standard InChI is InChI=1S/C10H10FNOS/c1-12-8-5-7(11)9(14)4-6(8)2-3-10(12)13/h4-5,14H,2-3H2,1H3. The molecule has 0 aromatic heterocycles. The van der Waals surface area contributed by atoms with Crippen LogP contribution in [0.2, 0.25) is 0 Å². The van der Waals surface area contributed by atoms with Crippen LogP contribution in [0.1, 0.15) is 12.0 Å². The highest BCUT2D eigenvalue weighted by atomic mass is 32.1. The van der Waals surface area contributed by atoms with Crippen LogP contribution in [0.15, 0.2) is 17.0 Å². The molecule has 0 unspecified atom stereocenters. The molecule has 1 aromatic carbocycles. The Hall–Kier alpha value is -1.03. The van der Waals surface area contributed by atoms with Crippen molar-refractivity contribution in [3.63, 3.8) is 0 Å². The van der Waals surface area contributed by atoms with Crippen molar-refractivity contribution in [1.29, 1.82) is 0 Å². The number of carbonyl (C=O) groups is 1. The van der Waals surface area contributed by atoms with Gasteiger partial charge in [0.1, 0.15) is 5.82 Å². The Morgan fingerprint density at radius 1 is 1.43 bits per heavy atom. The highest BCUT2D eigenvalue weighted by molar-refractivity contribution is 7.80. The normalized spacial score (nSPS) is 15.6. The Balaban J connectivity index is 2.55. The molecule has 4 heteroatoms. The zero-order valence-corrected chi connectivity index (χ0v) is 8.64. The molecule has 1 aromatic rings. The number of hydrogen-bond acceptors (Lipinski definition) is 2. The number of carbonyl (C=O) groups excluding carboxylic acids is 1. The van der Waals surface area contributed by atoms with Gasteiger partial charge >= 0.3 is 0 Å². The molecule has 2 rings (SSSR count). The first-order valence-electron chi connectivity index (χ1n) is 4.37. The van der Waals surface area contributed by atoms with Crippen molar-refractivity contribution in [2.24, 2.45) is 0 Å². The van der Waals surface area contributed by atoms with Crippen molar-refractivity contribution in [1.82, 2.24) is 0 Å². The number of nitrogens with zero attached hydrogens (tertiary/aromatic N) is 1. The van der Waals surface area contributed by atoms with Gasteiger partial charge in [0, 0.05) is 24.1 Å². The van der Waals surface area contributed by atoms with E-state index in [0.717, 1.165) is 5.56 Å². The second-order valence-electron chi connectivity index (χ2n) is 3.39. The largest absolute Gasteiger partial charge is 0.315 e. The number of amides is 1. The maximum atomic E-state index is 13.2. The van der Waals surface area contributed by atoms with E-state index in [2.05, 4.69) is 12.6 Å². The van der Waals surface area contributed by atoms with E-state index in [4.69, 9.17) is 0 Å². The Kier molecular flexibility index (Phi) is 2.23. The summed E-state index contributed by atoms with van der Waals surface area (Å²) in [6.45, 7) is 0. The van der Waals surface area contributed by atoms with Crippen LogP contribution in [0.5, 0.6) is 0 Å². The first-order valence-corrected chi connectivity index (χ1v) is 4.82. The molecule has 0 N–H and O–H groups in total. The molecule has 1 heterocycles. The first-order chi connectivity index (χ1) is 6.59. The minimum absolute atomic E-state index is 0.0313. The number of thiol groups is 1. The lowest BCUT2D eigenvalue weighted by Gasteiger charge is -2.25. The summed E-state index contributed by atoms with van der Waals surface area (Å²) < 4.78 is 13.2. The highest BCUT2D eigenvalue weighted by Crippen LogP contribution is 2.30. The van der Waals surface area contributed by atoms with E-state index < -0.39 is 0 Å². The summed E-state index contributed by atoms with van der Waals surface area (Å²) in [6.07, 6.45) is 1.16. The second kappa shape index (κ2) is 3.28. The number of fused-ring (bicyclic) bond motifs is 1. The van der Waals surface area contributed by atoms with Crippen LogP contribution < -0.4 is 4.90 Å². The molecule has 0 saturated carbocycles. The molecule has 0 saturated heterocycles. The SMILES string of the molecule is CN1C(=O)CCc2cc(S)c(F)cc21. The van der Waals surface area contributed by atoms with Gasteiger partial charge in [-0.2, -0.15) is 0 Å². The molecule has 2 nitrogen and oxygen atoms in total. The van der Waals surface area contributed by atoms with E-state index in [9.17, 15) is 9.18 Å². The van der Waals surface area contributed by atoms with Crippen molar-refractivity contribution in [3.05, 3.63) is 23.5 Å². The summed E-state index contributed by atoms with van der Waals surface area (Å²) >= 11 is 4.01. The van der Waals surface area contributed by atoms with Crippen molar-refractivity contribution in [2.45, 2.75) is 17.7 Å². The molecule has 14 heavy (non-hydrogen) atoms. The van der Waals surface area contributed by atoms with Crippen LogP contribution in [-0.4, -0.2) is 13.0 Å². The number of aryl methyl sites for hydroxylation is 1. The zero-order valence-electron chi connectivity index (χ0n) is 7.75. The van der Waals surface area contributed by atoms with Crippen molar-refractivity contribution in [2.75, 3.05) is 11.9 Å². The fourth-order valence-electron chi connectivity index (χ4n) is 1.65. The van der Waals surface area contributed by atoms with Gasteiger partial charge < -0.3 is 4.90 Å². The predicted molar refractivity (Wildman–Crippen MR) is 55.4 cm³/mol. The molecule has 1 amide bonds. The van der Waals surface area contributed by atoms with Gasteiger partial charge in [-0.25, -0.2) is 4.39 Å². The zero-order chi connectivity index (χ0) is 10.3. The maximum Gasteiger partial charge on any atom is 0.227 e.